The largest absolute Gasteiger partial charge is 0.0651 e. The van der Waals surface area contributed by atoms with Gasteiger partial charge >= 0.3 is 0 Å². The molecule has 0 N–H and O–H groups in total. The highest BCUT2D eigenvalue weighted by atomic mass is 14.1. The van der Waals surface area contributed by atoms with E-state index in [1.807, 2.05) is 0 Å². The van der Waals surface area contributed by atoms with Crippen LogP contribution in [0.2, 0.25) is 0 Å². The summed E-state index contributed by atoms with van der Waals surface area (Å²) >= 11 is 0. The number of rotatable bonds is 4. The van der Waals surface area contributed by atoms with Crippen molar-refractivity contribution in [1.29, 1.82) is 0 Å². The standard InChI is InChI=1S/C13H20/c1-4-11(2)10-12(3)13-8-6-5-7-9-13/h5-9,11-12H,4,10H2,1-3H3. The Bertz CT molecular complexity index is 225. The Morgan fingerprint density at radius 2 is 1.69 bits per heavy atom. The minimum Gasteiger partial charge on any atom is -0.0651 e. The minimum absolute atomic E-state index is 0.705. The minimum atomic E-state index is 0.705. The maximum Gasteiger partial charge on any atom is -0.0188 e. The van der Waals surface area contributed by atoms with Crippen molar-refractivity contribution in [3.05, 3.63) is 35.9 Å². The van der Waals surface area contributed by atoms with Gasteiger partial charge < -0.3 is 0 Å². The Labute approximate surface area is 82.0 Å². The first kappa shape index (κ1) is 10.3. The summed E-state index contributed by atoms with van der Waals surface area (Å²) in [6.45, 7) is 6.92. The van der Waals surface area contributed by atoms with Gasteiger partial charge in [-0.05, 0) is 23.8 Å². The fourth-order valence-electron chi connectivity index (χ4n) is 1.69. The molecule has 0 saturated heterocycles. The van der Waals surface area contributed by atoms with Gasteiger partial charge in [0.05, 0.1) is 0 Å². The van der Waals surface area contributed by atoms with Crippen molar-refractivity contribution < 1.29 is 0 Å². The molecule has 0 radical (unpaired) electrons. The topological polar surface area (TPSA) is 0 Å². The van der Waals surface area contributed by atoms with Gasteiger partial charge in [0, 0.05) is 0 Å². The molecule has 0 amide bonds. The van der Waals surface area contributed by atoms with Gasteiger partial charge in [0.1, 0.15) is 0 Å². The lowest BCUT2D eigenvalue weighted by Crippen LogP contribution is -2.00. The van der Waals surface area contributed by atoms with Gasteiger partial charge in [0.15, 0.2) is 0 Å². The summed E-state index contributed by atoms with van der Waals surface area (Å²) in [6.07, 6.45) is 2.59. The normalized spacial score (nSPS) is 15.3. The van der Waals surface area contributed by atoms with Crippen LogP contribution in [0.25, 0.3) is 0 Å². The molecule has 0 aromatic heterocycles. The first-order valence-electron chi connectivity index (χ1n) is 5.29. The predicted molar refractivity (Wildman–Crippen MR) is 58.9 cm³/mol. The molecule has 2 unspecified atom stereocenters. The summed E-state index contributed by atoms with van der Waals surface area (Å²) in [4.78, 5) is 0. The Balaban J connectivity index is 2.53. The average Bonchev–Trinajstić information content (AvgIpc) is 2.19. The molecular formula is C13H20. The predicted octanol–water partition coefficient (Wildman–Crippen LogP) is 4.23. The molecule has 0 heterocycles. The second-order valence-electron chi connectivity index (χ2n) is 4.06. The third kappa shape index (κ3) is 3.22. The highest BCUT2D eigenvalue weighted by Gasteiger charge is 2.08. The van der Waals surface area contributed by atoms with Gasteiger partial charge in [0.25, 0.3) is 0 Å². The van der Waals surface area contributed by atoms with Gasteiger partial charge in [-0.15, -0.1) is 0 Å². The molecule has 0 aliphatic heterocycles. The molecule has 0 aliphatic rings. The molecule has 72 valence electrons. The van der Waals surface area contributed by atoms with Crippen LogP contribution in [-0.4, -0.2) is 0 Å². The van der Waals surface area contributed by atoms with E-state index < -0.39 is 0 Å². The molecule has 0 nitrogen and oxygen atoms in total. The van der Waals surface area contributed by atoms with E-state index in [9.17, 15) is 0 Å². The summed E-state index contributed by atoms with van der Waals surface area (Å²) in [6, 6.07) is 10.8. The van der Waals surface area contributed by atoms with Crippen molar-refractivity contribution in [2.75, 3.05) is 0 Å². The molecule has 0 heteroatoms. The highest BCUT2D eigenvalue weighted by molar-refractivity contribution is 5.18. The van der Waals surface area contributed by atoms with E-state index in [4.69, 9.17) is 0 Å². The van der Waals surface area contributed by atoms with Crippen LogP contribution in [0.4, 0.5) is 0 Å². The lowest BCUT2D eigenvalue weighted by molar-refractivity contribution is 0.471. The van der Waals surface area contributed by atoms with Crippen LogP contribution in [0.15, 0.2) is 30.3 Å². The van der Waals surface area contributed by atoms with E-state index in [1.54, 1.807) is 0 Å². The van der Waals surface area contributed by atoms with E-state index >= 15 is 0 Å². The first-order valence-corrected chi connectivity index (χ1v) is 5.29. The Morgan fingerprint density at radius 3 is 2.23 bits per heavy atom. The SMILES string of the molecule is CCC(C)CC(C)c1ccccc1. The summed E-state index contributed by atoms with van der Waals surface area (Å²) in [7, 11) is 0. The van der Waals surface area contributed by atoms with Gasteiger partial charge in [-0.3, -0.25) is 0 Å². The number of hydrogen-bond donors (Lipinski definition) is 0. The maximum atomic E-state index is 2.33. The van der Waals surface area contributed by atoms with E-state index in [0.29, 0.717) is 5.92 Å². The van der Waals surface area contributed by atoms with Crippen LogP contribution in [-0.2, 0) is 0 Å². The zero-order chi connectivity index (χ0) is 9.68. The summed E-state index contributed by atoms with van der Waals surface area (Å²) < 4.78 is 0. The molecule has 0 aliphatic carbocycles. The van der Waals surface area contributed by atoms with E-state index in [0.717, 1.165) is 5.92 Å². The molecule has 0 saturated carbocycles. The summed E-state index contributed by atoms with van der Waals surface area (Å²) in [5.41, 5.74) is 1.47. The molecule has 1 aromatic rings. The molecule has 0 spiro atoms. The Morgan fingerprint density at radius 1 is 1.08 bits per heavy atom. The third-order valence-electron chi connectivity index (χ3n) is 2.82. The summed E-state index contributed by atoms with van der Waals surface area (Å²) in [5.74, 6) is 1.55. The number of benzene rings is 1. The maximum absolute atomic E-state index is 2.33. The second-order valence-corrected chi connectivity index (χ2v) is 4.06. The van der Waals surface area contributed by atoms with Gasteiger partial charge in [-0.1, -0.05) is 57.5 Å². The van der Waals surface area contributed by atoms with Crippen LogP contribution in [0.1, 0.15) is 45.1 Å². The monoisotopic (exact) mass is 176 g/mol. The fraction of sp³-hybridized carbons (Fsp3) is 0.538. The fourth-order valence-corrected chi connectivity index (χ4v) is 1.69. The molecule has 1 aromatic carbocycles. The molecule has 0 bridgehead atoms. The Kier molecular flexibility index (Phi) is 4.01. The lowest BCUT2D eigenvalue weighted by Gasteiger charge is -2.15. The van der Waals surface area contributed by atoms with E-state index in [2.05, 4.69) is 51.1 Å². The van der Waals surface area contributed by atoms with Gasteiger partial charge in [-0.2, -0.15) is 0 Å². The third-order valence-corrected chi connectivity index (χ3v) is 2.82. The van der Waals surface area contributed by atoms with Crippen molar-refractivity contribution in [2.24, 2.45) is 5.92 Å². The Hall–Kier alpha value is -0.780. The molecule has 0 fully saturated rings. The lowest BCUT2D eigenvalue weighted by atomic mass is 9.90. The van der Waals surface area contributed by atoms with Crippen LogP contribution >= 0.6 is 0 Å². The molecular weight excluding hydrogens is 156 g/mol. The zero-order valence-electron chi connectivity index (χ0n) is 8.96. The van der Waals surface area contributed by atoms with Crippen molar-refractivity contribution in [3.8, 4) is 0 Å². The average molecular weight is 176 g/mol. The smallest absolute Gasteiger partial charge is 0.0188 e. The first-order chi connectivity index (χ1) is 6.24. The van der Waals surface area contributed by atoms with Crippen LogP contribution in [0, 0.1) is 5.92 Å². The van der Waals surface area contributed by atoms with E-state index in [1.165, 1.54) is 18.4 Å². The molecule has 2 atom stereocenters. The van der Waals surface area contributed by atoms with Crippen molar-refractivity contribution >= 4 is 0 Å². The van der Waals surface area contributed by atoms with Crippen molar-refractivity contribution in [2.45, 2.75) is 39.5 Å². The van der Waals surface area contributed by atoms with Crippen molar-refractivity contribution in [1.82, 2.24) is 0 Å². The zero-order valence-corrected chi connectivity index (χ0v) is 8.96. The quantitative estimate of drug-likeness (QED) is 0.644. The highest BCUT2D eigenvalue weighted by Crippen LogP contribution is 2.24. The van der Waals surface area contributed by atoms with Gasteiger partial charge in [-0.25, -0.2) is 0 Å². The van der Waals surface area contributed by atoms with E-state index in [-0.39, 0.29) is 0 Å². The molecule has 13 heavy (non-hydrogen) atoms. The van der Waals surface area contributed by atoms with Crippen molar-refractivity contribution in [3.63, 3.8) is 0 Å². The van der Waals surface area contributed by atoms with Crippen LogP contribution in [0.5, 0.6) is 0 Å². The van der Waals surface area contributed by atoms with Crippen LogP contribution < -0.4 is 0 Å². The van der Waals surface area contributed by atoms with Crippen LogP contribution in [0.3, 0.4) is 0 Å². The second kappa shape index (κ2) is 5.06. The van der Waals surface area contributed by atoms with Gasteiger partial charge in [0.2, 0.25) is 0 Å². The number of hydrogen-bond acceptors (Lipinski definition) is 0. The summed E-state index contributed by atoms with van der Waals surface area (Å²) in [5, 5.41) is 0. The molecule has 1 rings (SSSR count).